The van der Waals surface area contributed by atoms with Crippen molar-refractivity contribution in [3.8, 4) is 0 Å². The molecule has 0 amide bonds. The van der Waals surface area contributed by atoms with Crippen molar-refractivity contribution in [1.29, 1.82) is 0 Å². The number of furan rings is 1. The number of hydrogen-bond donors (Lipinski definition) is 1. The Bertz CT molecular complexity index is 289. The zero-order chi connectivity index (χ0) is 9.97. The summed E-state index contributed by atoms with van der Waals surface area (Å²) >= 11 is 0. The van der Waals surface area contributed by atoms with E-state index in [2.05, 4.69) is 0 Å². The van der Waals surface area contributed by atoms with Crippen molar-refractivity contribution in [3.05, 3.63) is 23.7 Å². The van der Waals surface area contributed by atoms with Gasteiger partial charge in [0.25, 0.3) is 0 Å². The van der Waals surface area contributed by atoms with E-state index in [1.54, 1.807) is 6.26 Å². The molecule has 2 N–H and O–H groups in total. The summed E-state index contributed by atoms with van der Waals surface area (Å²) in [6.45, 7) is 3.62. The SMILES string of the molecule is Cc1occc1C(N)C1CCCOC1. The molecule has 1 saturated heterocycles. The van der Waals surface area contributed by atoms with Gasteiger partial charge in [0.15, 0.2) is 0 Å². The molecule has 78 valence electrons. The first-order valence-corrected chi connectivity index (χ1v) is 5.16. The third kappa shape index (κ3) is 1.83. The summed E-state index contributed by atoms with van der Waals surface area (Å²) in [5.74, 6) is 1.38. The van der Waals surface area contributed by atoms with Crippen LogP contribution in [0.3, 0.4) is 0 Å². The largest absolute Gasteiger partial charge is 0.469 e. The Balaban J connectivity index is 2.07. The third-order valence-corrected chi connectivity index (χ3v) is 2.96. The molecule has 14 heavy (non-hydrogen) atoms. The molecule has 2 heterocycles. The summed E-state index contributed by atoms with van der Waals surface area (Å²) in [6.07, 6.45) is 3.98. The standard InChI is InChI=1S/C11H17NO2/c1-8-10(4-6-14-8)11(12)9-3-2-5-13-7-9/h4,6,9,11H,2-3,5,7,12H2,1H3. The first-order valence-electron chi connectivity index (χ1n) is 5.16. The van der Waals surface area contributed by atoms with Crippen molar-refractivity contribution in [2.24, 2.45) is 11.7 Å². The smallest absolute Gasteiger partial charge is 0.105 e. The number of ether oxygens (including phenoxy) is 1. The molecule has 1 aromatic rings. The lowest BCUT2D eigenvalue weighted by Crippen LogP contribution is -2.29. The molecular weight excluding hydrogens is 178 g/mol. The van der Waals surface area contributed by atoms with E-state index in [4.69, 9.17) is 14.9 Å². The zero-order valence-electron chi connectivity index (χ0n) is 8.53. The van der Waals surface area contributed by atoms with Gasteiger partial charge in [0.05, 0.1) is 12.9 Å². The van der Waals surface area contributed by atoms with Crippen molar-refractivity contribution in [1.82, 2.24) is 0 Å². The predicted molar refractivity (Wildman–Crippen MR) is 53.9 cm³/mol. The Hall–Kier alpha value is -0.800. The molecule has 0 aromatic carbocycles. The highest BCUT2D eigenvalue weighted by atomic mass is 16.5. The summed E-state index contributed by atoms with van der Waals surface area (Å²) in [4.78, 5) is 0. The van der Waals surface area contributed by atoms with Gasteiger partial charge in [-0.25, -0.2) is 0 Å². The molecule has 0 radical (unpaired) electrons. The molecule has 3 heteroatoms. The van der Waals surface area contributed by atoms with Crippen LogP contribution in [0.25, 0.3) is 0 Å². The van der Waals surface area contributed by atoms with Crippen molar-refractivity contribution < 1.29 is 9.15 Å². The maximum Gasteiger partial charge on any atom is 0.105 e. The average Bonchev–Trinajstić information content (AvgIpc) is 2.65. The van der Waals surface area contributed by atoms with E-state index in [-0.39, 0.29) is 6.04 Å². The molecular formula is C11H17NO2. The van der Waals surface area contributed by atoms with Gasteiger partial charge in [0.1, 0.15) is 5.76 Å². The highest BCUT2D eigenvalue weighted by Gasteiger charge is 2.24. The maximum absolute atomic E-state index is 6.18. The number of rotatable bonds is 2. The highest BCUT2D eigenvalue weighted by Crippen LogP contribution is 2.28. The summed E-state index contributed by atoms with van der Waals surface area (Å²) in [5.41, 5.74) is 7.30. The van der Waals surface area contributed by atoms with E-state index in [1.165, 1.54) is 0 Å². The van der Waals surface area contributed by atoms with E-state index in [1.807, 2.05) is 13.0 Å². The quantitative estimate of drug-likeness (QED) is 0.785. The summed E-state index contributed by atoms with van der Waals surface area (Å²) < 4.78 is 10.7. The lowest BCUT2D eigenvalue weighted by atomic mass is 9.90. The van der Waals surface area contributed by atoms with Gasteiger partial charge in [-0.2, -0.15) is 0 Å². The van der Waals surface area contributed by atoms with Crippen LogP contribution in [0.4, 0.5) is 0 Å². The Labute approximate surface area is 84.2 Å². The zero-order valence-corrected chi connectivity index (χ0v) is 8.53. The first-order chi connectivity index (χ1) is 6.79. The molecule has 1 aliphatic rings. The van der Waals surface area contributed by atoms with Crippen LogP contribution < -0.4 is 5.73 Å². The molecule has 1 aromatic heterocycles. The molecule has 3 nitrogen and oxygen atoms in total. The molecule has 0 aliphatic carbocycles. The topological polar surface area (TPSA) is 48.4 Å². The van der Waals surface area contributed by atoms with Crippen molar-refractivity contribution in [2.45, 2.75) is 25.8 Å². The van der Waals surface area contributed by atoms with E-state index in [0.717, 1.165) is 37.4 Å². The van der Waals surface area contributed by atoms with E-state index >= 15 is 0 Å². The second-order valence-electron chi connectivity index (χ2n) is 3.94. The molecule has 0 bridgehead atoms. The minimum absolute atomic E-state index is 0.0639. The van der Waals surface area contributed by atoms with E-state index < -0.39 is 0 Å². The van der Waals surface area contributed by atoms with Crippen LogP contribution in [0.15, 0.2) is 16.7 Å². The number of hydrogen-bond acceptors (Lipinski definition) is 3. The van der Waals surface area contributed by atoms with E-state index in [0.29, 0.717) is 5.92 Å². The van der Waals surface area contributed by atoms with Crippen LogP contribution in [-0.2, 0) is 4.74 Å². The molecule has 2 unspecified atom stereocenters. The van der Waals surface area contributed by atoms with Gasteiger partial charge in [-0.05, 0) is 25.8 Å². The van der Waals surface area contributed by atoms with Crippen LogP contribution in [-0.4, -0.2) is 13.2 Å². The third-order valence-electron chi connectivity index (χ3n) is 2.96. The molecule has 2 atom stereocenters. The minimum atomic E-state index is 0.0639. The Morgan fingerprint density at radius 2 is 2.43 bits per heavy atom. The van der Waals surface area contributed by atoms with Gasteiger partial charge in [-0.1, -0.05) is 0 Å². The monoisotopic (exact) mass is 195 g/mol. The normalized spacial score (nSPS) is 24.9. The Morgan fingerprint density at radius 1 is 1.57 bits per heavy atom. The second-order valence-corrected chi connectivity index (χ2v) is 3.94. The molecule has 1 fully saturated rings. The van der Waals surface area contributed by atoms with E-state index in [9.17, 15) is 0 Å². The maximum atomic E-state index is 6.18. The van der Waals surface area contributed by atoms with Gasteiger partial charge in [0, 0.05) is 24.1 Å². The lowest BCUT2D eigenvalue weighted by molar-refractivity contribution is 0.0446. The molecule has 2 rings (SSSR count). The van der Waals surface area contributed by atoms with Crippen LogP contribution in [0.2, 0.25) is 0 Å². The van der Waals surface area contributed by atoms with Crippen LogP contribution >= 0.6 is 0 Å². The van der Waals surface area contributed by atoms with Gasteiger partial charge < -0.3 is 14.9 Å². The molecule has 1 aliphatic heterocycles. The van der Waals surface area contributed by atoms with Crippen LogP contribution in [0.1, 0.15) is 30.2 Å². The van der Waals surface area contributed by atoms with Crippen molar-refractivity contribution >= 4 is 0 Å². The number of aryl methyl sites for hydroxylation is 1. The van der Waals surface area contributed by atoms with Gasteiger partial charge in [-0.3, -0.25) is 0 Å². The fourth-order valence-electron chi connectivity index (χ4n) is 2.04. The fraction of sp³-hybridized carbons (Fsp3) is 0.636. The fourth-order valence-corrected chi connectivity index (χ4v) is 2.04. The van der Waals surface area contributed by atoms with Crippen LogP contribution in [0, 0.1) is 12.8 Å². The van der Waals surface area contributed by atoms with Gasteiger partial charge >= 0.3 is 0 Å². The summed E-state index contributed by atoms with van der Waals surface area (Å²) in [7, 11) is 0. The Morgan fingerprint density at radius 3 is 3.00 bits per heavy atom. The average molecular weight is 195 g/mol. The van der Waals surface area contributed by atoms with Gasteiger partial charge in [0.2, 0.25) is 0 Å². The Kier molecular flexibility index (Phi) is 2.89. The molecule has 0 spiro atoms. The number of nitrogens with two attached hydrogens (primary N) is 1. The summed E-state index contributed by atoms with van der Waals surface area (Å²) in [6, 6.07) is 2.03. The molecule has 0 saturated carbocycles. The van der Waals surface area contributed by atoms with Crippen molar-refractivity contribution in [2.75, 3.05) is 13.2 Å². The highest BCUT2D eigenvalue weighted by molar-refractivity contribution is 5.20. The first kappa shape index (κ1) is 9.74. The second kappa shape index (κ2) is 4.15. The lowest BCUT2D eigenvalue weighted by Gasteiger charge is -2.27. The predicted octanol–water partition coefficient (Wildman–Crippen LogP) is 2.01. The van der Waals surface area contributed by atoms with Gasteiger partial charge in [-0.15, -0.1) is 0 Å². The summed E-state index contributed by atoms with van der Waals surface area (Å²) in [5, 5.41) is 0. The minimum Gasteiger partial charge on any atom is -0.469 e. The van der Waals surface area contributed by atoms with Crippen molar-refractivity contribution in [3.63, 3.8) is 0 Å². The van der Waals surface area contributed by atoms with Crippen LogP contribution in [0.5, 0.6) is 0 Å².